The fraction of sp³-hybridized carbons (Fsp3) is 0.158. The van der Waals surface area contributed by atoms with Gasteiger partial charge in [0.05, 0.1) is 21.3 Å². The lowest BCUT2D eigenvalue weighted by Gasteiger charge is -2.12. The van der Waals surface area contributed by atoms with E-state index in [9.17, 15) is 14.4 Å². The van der Waals surface area contributed by atoms with Gasteiger partial charge in [-0.15, -0.1) is 0 Å². The van der Waals surface area contributed by atoms with Gasteiger partial charge in [-0.3, -0.25) is 19.3 Å². The minimum Gasteiger partial charge on any atom is -0.300 e. The zero-order valence-corrected chi connectivity index (χ0v) is 14.8. The van der Waals surface area contributed by atoms with E-state index in [2.05, 4.69) is 17.2 Å². The predicted octanol–water partition coefficient (Wildman–Crippen LogP) is 3.09. The highest BCUT2D eigenvalue weighted by atomic mass is 32.1. The molecule has 0 fully saturated rings. The molecule has 0 saturated heterocycles. The van der Waals surface area contributed by atoms with Gasteiger partial charge >= 0.3 is 0 Å². The third kappa shape index (κ3) is 2.76. The SMILES string of the molecule is CCc1ccc2nc(NC(=O)CN3C(=O)c4ccccc4C3=O)sc2c1. The monoisotopic (exact) mass is 365 g/mol. The summed E-state index contributed by atoms with van der Waals surface area (Å²) in [5.41, 5.74) is 2.67. The van der Waals surface area contributed by atoms with Gasteiger partial charge in [-0.2, -0.15) is 0 Å². The number of nitrogens with zero attached hydrogens (tertiary/aromatic N) is 2. The number of imide groups is 1. The topological polar surface area (TPSA) is 79.4 Å². The average molecular weight is 365 g/mol. The van der Waals surface area contributed by atoms with Crippen LogP contribution in [-0.4, -0.2) is 34.2 Å². The normalized spacial score (nSPS) is 13.3. The molecule has 1 aromatic heterocycles. The van der Waals surface area contributed by atoms with E-state index in [1.165, 1.54) is 16.9 Å². The molecule has 6 nitrogen and oxygen atoms in total. The Labute approximate surface area is 153 Å². The molecule has 0 bridgehead atoms. The van der Waals surface area contributed by atoms with Gasteiger partial charge in [0.2, 0.25) is 5.91 Å². The summed E-state index contributed by atoms with van der Waals surface area (Å²) in [6, 6.07) is 12.5. The molecule has 1 N–H and O–H groups in total. The van der Waals surface area contributed by atoms with E-state index in [4.69, 9.17) is 0 Å². The number of rotatable bonds is 4. The first kappa shape index (κ1) is 16.4. The first-order valence-electron chi connectivity index (χ1n) is 8.21. The van der Waals surface area contributed by atoms with Crippen molar-refractivity contribution in [1.82, 2.24) is 9.88 Å². The van der Waals surface area contributed by atoms with Gasteiger partial charge in [0.15, 0.2) is 5.13 Å². The number of carbonyl (C=O) groups excluding carboxylic acids is 3. The lowest BCUT2D eigenvalue weighted by Crippen LogP contribution is -2.37. The van der Waals surface area contributed by atoms with Crippen LogP contribution >= 0.6 is 11.3 Å². The second-order valence-electron chi connectivity index (χ2n) is 5.96. The van der Waals surface area contributed by atoms with E-state index < -0.39 is 17.7 Å². The average Bonchev–Trinajstić information content (AvgIpc) is 3.15. The molecule has 0 radical (unpaired) electrons. The Hall–Kier alpha value is -3.06. The molecule has 1 aliphatic rings. The van der Waals surface area contributed by atoms with Gasteiger partial charge in [0.25, 0.3) is 11.8 Å². The van der Waals surface area contributed by atoms with Crippen LogP contribution in [0.2, 0.25) is 0 Å². The quantitative estimate of drug-likeness (QED) is 0.721. The molecule has 7 heteroatoms. The Morgan fingerprint density at radius 2 is 1.81 bits per heavy atom. The number of anilines is 1. The van der Waals surface area contributed by atoms with Crippen molar-refractivity contribution in [1.29, 1.82) is 0 Å². The minimum atomic E-state index is -0.450. The van der Waals surface area contributed by atoms with Gasteiger partial charge in [0, 0.05) is 0 Å². The van der Waals surface area contributed by atoms with Crippen LogP contribution < -0.4 is 5.32 Å². The van der Waals surface area contributed by atoms with E-state index in [1.54, 1.807) is 24.3 Å². The van der Waals surface area contributed by atoms with Gasteiger partial charge in [-0.1, -0.05) is 36.5 Å². The molecule has 3 amide bonds. The molecule has 1 aliphatic heterocycles. The van der Waals surface area contributed by atoms with Crippen molar-refractivity contribution in [2.45, 2.75) is 13.3 Å². The summed E-state index contributed by atoms with van der Waals surface area (Å²) in [7, 11) is 0. The Kier molecular flexibility index (Phi) is 4.00. The summed E-state index contributed by atoms with van der Waals surface area (Å²) in [6.45, 7) is 1.75. The Balaban J connectivity index is 1.50. The molecule has 0 aliphatic carbocycles. The largest absolute Gasteiger partial charge is 0.300 e. The third-order valence-electron chi connectivity index (χ3n) is 4.29. The standard InChI is InChI=1S/C19H15N3O3S/c1-2-11-7-8-14-15(9-11)26-19(20-14)21-16(23)10-22-17(24)12-5-3-4-6-13(12)18(22)25/h3-9H,2,10H2,1H3,(H,20,21,23). The zero-order valence-electron chi connectivity index (χ0n) is 14.0. The summed E-state index contributed by atoms with van der Waals surface area (Å²) in [6.07, 6.45) is 0.926. The molecular weight excluding hydrogens is 350 g/mol. The van der Waals surface area contributed by atoms with Gasteiger partial charge in [-0.05, 0) is 36.2 Å². The predicted molar refractivity (Wildman–Crippen MR) is 99.4 cm³/mol. The molecule has 130 valence electrons. The number of aromatic nitrogens is 1. The second kappa shape index (κ2) is 6.34. The first-order valence-corrected chi connectivity index (χ1v) is 9.03. The summed E-state index contributed by atoms with van der Waals surface area (Å²) in [4.78, 5) is 42.3. The summed E-state index contributed by atoms with van der Waals surface area (Å²) in [5.74, 6) is -1.34. The molecule has 0 saturated carbocycles. The third-order valence-corrected chi connectivity index (χ3v) is 5.22. The molecular formula is C19H15N3O3S. The highest BCUT2D eigenvalue weighted by Gasteiger charge is 2.36. The lowest BCUT2D eigenvalue weighted by atomic mass is 10.1. The second-order valence-corrected chi connectivity index (χ2v) is 7.00. The number of amides is 3. The molecule has 2 heterocycles. The van der Waals surface area contributed by atoms with Gasteiger partial charge < -0.3 is 5.32 Å². The van der Waals surface area contributed by atoms with E-state index in [-0.39, 0.29) is 6.54 Å². The van der Waals surface area contributed by atoms with Crippen molar-refractivity contribution in [2.75, 3.05) is 11.9 Å². The number of aryl methyl sites for hydroxylation is 1. The number of hydrogen-bond donors (Lipinski definition) is 1. The smallest absolute Gasteiger partial charge is 0.262 e. The fourth-order valence-corrected chi connectivity index (χ4v) is 3.87. The molecule has 2 aromatic carbocycles. The van der Waals surface area contributed by atoms with Crippen molar-refractivity contribution in [2.24, 2.45) is 0 Å². The maximum absolute atomic E-state index is 12.3. The molecule has 0 unspecified atom stereocenters. The molecule has 3 aromatic rings. The van der Waals surface area contributed by atoms with Crippen LogP contribution in [0.4, 0.5) is 5.13 Å². The summed E-state index contributed by atoms with van der Waals surface area (Å²) >= 11 is 1.37. The number of nitrogens with one attached hydrogen (secondary N) is 1. The number of benzene rings is 2. The van der Waals surface area contributed by atoms with Crippen LogP contribution in [0.15, 0.2) is 42.5 Å². The van der Waals surface area contributed by atoms with Crippen LogP contribution in [-0.2, 0) is 11.2 Å². The van der Waals surface area contributed by atoms with Crippen LogP contribution in [0, 0.1) is 0 Å². The van der Waals surface area contributed by atoms with E-state index >= 15 is 0 Å². The number of carbonyl (C=O) groups is 3. The van der Waals surface area contributed by atoms with E-state index in [1.807, 2.05) is 18.2 Å². The van der Waals surface area contributed by atoms with Crippen LogP contribution in [0.1, 0.15) is 33.2 Å². The van der Waals surface area contributed by atoms with E-state index in [0.29, 0.717) is 16.3 Å². The van der Waals surface area contributed by atoms with E-state index in [0.717, 1.165) is 21.5 Å². The summed E-state index contributed by atoms with van der Waals surface area (Å²) in [5, 5.41) is 3.14. The lowest BCUT2D eigenvalue weighted by molar-refractivity contribution is -0.116. The Morgan fingerprint density at radius 3 is 2.46 bits per heavy atom. The molecule has 26 heavy (non-hydrogen) atoms. The van der Waals surface area contributed by atoms with Crippen LogP contribution in [0.3, 0.4) is 0 Å². The van der Waals surface area contributed by atoms with Crippen molar-refractivity contribution >= 4 is 44.4 Å². The Morgan fingerprint density at radius 1 is 1.12 bits per heavy atom. The molecule has 0 atom stereocenters. The molecule has 0 spiro atoms. The van der Waals surface area contributed by atoms with Gasteiger partial charge in [0.1, 0.15) is 6.54 Å². The number of fused-ring (bicyclic) bond motifs is 2. The summed E-state index contributed by atoms with van der Waals surface area (Å²) < 4.78 is 0.986. The molecule has 4 rings (SSSR count). The van der Waals surface area contributed by atoms with Gasteiger partial charge in [-0.25, -0.2) is 4.98 Å². The highest BCUT2D eigenvalue weighted by Crippen LogP contribution is 2.27. The van der Waals surface area contributed by atoms with Crippen LogP contribution in [0.5, 0.6) is 0 Å². The highest BCUT2D eigenvalue weighted by molar-refractivity contribution is 7.22. The maximum Gasteiger partial charge on any atom is 0.262 e. The zero-order chi connectivity index (χ0) is 18.3. The number of hydrogen-bond acceptors (Lipinski definition) is 5. The first-order chi connectivity index (χ1) is 12.6. The van der Waals surface area contributed by atoms with Crippen molar-refractivity contribution in [3.05, 3.63) is 59.2 Å². The fourth-order valence-electron chi connectivity index (χ4n) is 2.93. The minimum absolute atomic E-state index is 0.331. The van der Waals surface area contributed by atoms with Crippen molar-refractivity contribution in [3.63, 3.8) is 0 Å². The maximum atomic E-state index is 12.3. The Bertz CT molecular complexity index is 1020. The van der Waals surface area contributed by atoms with Crippen molar-refractivity contribution in [3.8, 4) is 0 Å². The van der Waals surface area contributed by atoms with Crippen LogP contribution in [0.25, 0.3) is 10.2 Å². The number of thiazole rings is 1. The van der Waals surface area contributed by atoms with Crippen molar-refractivity contribution < 1.29 is 14.4 Å².